The lowest BCUT2D eigenvalue weighted by Gasteiger charge is -2.07. The summed E-state index contributed by atoms with van der Waals surface area (Å²) in [5, 5.41) is 5.16. The Morgan fingerprint density at radius 2 is 2.37 bits per heavy atom. The maximum Gasteiger partial charge on any atom is 0.234 e. The molecule has 0 aliphatic heterocycles. The third-order valence-electron chi connectivity index (χ3n) is 2.19. The molecule has 2 rings (SSSR count). The minimum Gasteiger partial charge on any atom is -0.399 e. The number of nitrogens with one attached hydrogen (secondary N) is 1. The second kappa shape index (κ2) is 6.27. The number of anilines is 2. The average molecular weight is 314 g/mol. The van der Waals surface area contributed by atoms with Gasteiger partial charge in [0.1, 0.15) is 0 Å². The molecule has 0 aliphatic carbocycles. The number of rotatable bonds is 4. The monoisotopic (exact) mass is 313 g/mol. The lowest BCUT2D eigenvalue weighted by atomic mass is 10.3. The Labute approximate surface area is 124 Å². The predicted octanol–water partition coefficient (Wildman–Crippen LogP) is 3.42. The number of nitrogens with zero attached hydrogens (tertiary/aromatic N) is 1. The van der Waals surface area contributed by atoms with Crippen LogP contribution in [0.4, 0.5) is 11.4 Å². The van der Waals surface area contributed by atoms with Gasteiger partial charge in [0.05, 0.1) is 16.5 Å². The van der Waals surface area contributed by atoms with Gasteiger partial charge in [0.15, 0.2) is 4.34 Å². The Hall–Kier alpha value is -1.24. The average Bonchev–Trinajstić information content (AvgIpc) is 2.77. The van der Waals surface area contributed by atoms with Gasteiger partial charge in [-0.05, 0) is 25.1 Å². The molecule has 1 aromatic heterocycles. The summed E-state index contributed by atoms with van der Waals surface area (Å²) in [6.07, 6.45) is 0. The predicted molar refractivity (Wildman–Crippen MR) is 82.1 cm³/mol. The van der Waals surface area contributed by atoms with Gasteiger partial charge in [-0.1, -0.05) is 23.4 Å². The molecule has 0 radical (unpaired) electrons. The minimum atomic E-state index is -0.134. The molecule has 0 fully saturated rings. The Balaban J connectivity index is 1.92. The molecule has 7 heteroatoms. The molecule has 1 aromatic carbocycles. The van der Waals surface area contributed by atoms with E-state index in [2.05, 4.69) is 10.3 Å². The Morgan fingerprint density at radius 3 is 3.05 bits per heavy atom. The summed E-state index contributed by atoms with van der Waals surface area (Å²) in [6.45, 7) is 1.92. The second-order valence-electron chi connectivity index (χ2n) is 3.83. The molecule has 0 saturated heterocycles. The van der Waals surface area contributed by atoms with Gasteiger partial charge >= 0.3 is 0 Å². The van der Waals surface area contributed by atoms with Crippen LogP contribution in [0, 0.1) is 6.92 Å². The van der Waals surface area contributed by atoms with Crippen molar-refractivity contribution in [3.8, 4) is 0 Å². The van der Waals surface area contributed by atoms with Crippen molar-refractivity contribution in [1.29, 1.82) is 0 Å². The molecule has 0 bridgehead atoms. The maximum atomic E-state index is 11.8. The van der Waals surface area contributed by atoms with Crippen molar-refractivity contribution in [3.63, 3.8) is 0 Å². The standard InChI is InChI=1S/C12H12ClN3OS2/c1-7-5-18-12(15-7)19-6-11(17)16-10-4-8(14)2-3-9(10)13/h2-5H,6,14H2,1H3,(H,16,17). The van der Waals surface area contributed by atoms with E-state index in [1.54, 1.807) is 18.2 Å². The number of nitrogens with two attached hydrogens (primary N) is 1. The molecule has 2 aromatic rings. The summed E-state index contributed by atoms with van der Waals surface area (Å²) in [5.74, 6) is 0.156. The van der Waals surface area contributed by atoms with Gasteiger partial charge in [-0.15, -0.1) is 11.3 Å². The molecule has 3 N–H and O–H groups in total. The number of carbonyl (C=O) groups excluding carboxylic acids is 1. The van der Waals surface area contributed by atoms with E-state index in [0.29, 0.717) is 16.4 Å². The van der Waals surface area contributed by atoms with Gasteiger partial charge < -0.3 is 11.1 Å². The molecule has 19 heavy (non-hydrogen) atoms. The van der Waals surface area contributed by atoms with Gasteiger partial charge in [0, 0.05) is 16.8 Å². The first-order valence-electron chi connectivity index (χ1n) is 5.44. The number of aryl methyl sites for hydroxylation is 1. The zero-order chi connectivity index (χ0) is 13.8. The van der Waals surface area contributed by atoms with Gasteiger partial charge in [0.2, 0.25) is 5.91 Å². The van der Waals surface area contributed by atoms with Crippen LogP contribution in [0.2, 0.25) is 5.02 Å². The smallest absolute Gasteiger partial charge is 0.234 e. The van der Waals surface area contributed by atoms with Crippen LogP contribution in [-0.4, -0.2) is 16.6 Å². The Bertz CT molecular complexity index is 600. The van der Waals surface area contributed by atoms with E-state index in [-0.39, 0.29) is 11.7 Å². The molecule has 0 unspecified atom stereocenters. The van der Waals surface area contributed by atoms with Crippen molar-refractivity contribution < 1.29 is 4.79 Å². The van der Waals surface area contributed by atoms with E-state index in [1.807, 2.05) is 12.3 Å². The zero-order valence-corrected chi connectivity index (χ0v) is 12.5. The third kappa shape index (κ3) is 4.12. The summed E-state index contributed by atoms with van der Waals surface area (Å²) < 4.78 is 0.881. The van der Waals surface area contributed by atoms with Crippen LogP contribution in [-0.2, 0) is 4.79 Å². The second-order valence-corrected chi connectivity index (χ2v) is 6.32. The number of hydrogen-bond donors (Lipinski definition) is 2. The Kier molecular flexibility index (Phi) is 4.68. The molecule has 1 heterocycles. The fourth-order valence-electron chi connectivity index (χ4n) is 1.35. The van der Waals surface area contributed by atoms with Crippen molar-refractivity contribution in [2.45, 2.75) is 11.3 Å². The topological polar surface area (TPSA) is 68.0 Å². The van der Waals surface area contributed by atoms with Crippen LogP contribution in [0.3, 0.4) is 0 Å². The number of amides is 1. The quantitative estimate of drug-likeness (QED) is 0.670. The first-order chi connectivity index (χ1) is 9.04. The van der Waals surface area contributed by atoms with Crippen LogP contribution in [0.1, 0.15) is 5.69 Å². The van der Waals surface area contributed by atoms with Crippen LogP contribution >= 0.6 is 34.7 Å². The summed E-state index contributed by atoms with van der Waals surface area (Å²) >= 11 is 8.90. The van der Waals surface area contributed by atoms with Gasteiger partial charge in [-0.3, -0.25) is 4.79 Å². The number of halogens is 1. The highest BCUT2D eigenvalue weighted by Gasteiger charge is 2.08. The highest BCUT2D eigenvalue weighted by atomic mass is 35.5. The fourth-order valence-corrected chi connectivity index (χ4v) is 3.17. The summed E-state index contributed by atoms with van der Waals surface area (Å²) in [6, 6.07) is 4.98. The number of hydrogen-bond acceptors (Lipinski definition) is 5. The molecule has 100 valence electrons. The van der Waals surface area contributed by atoms with E-state index in [1.165, 1.54) is 23.1 Å². The highest BCUT2D eigenvalue weighted by molar-refractivity contribution is 8.01. The number of aromatic nitrogens is 1. The van der Waals surface area contributed by atoms with E-state index in [9.17, 15) is 4.79 Å². The molecule has 1 amide bonds. The SMILES string of the molecule is Cc1csc(SCC(=O)Nc2cc(N)ccc2Cl)n1. The van der Waals surface area contributed by atoms with E-state index in [0.717, 1.165) is 10.0 Å². The summed E-state index contributed by atoms with van der Waals surface area (Å²) in [4.78, 5) is 16.1. The van der Waals surface area contributed by atoms with Crippen LogP contribution in [0.5, 0.6) is 0 Å². The van der Waals surface area contributed by atoms with Crippen molar-refractivity contribution in [1.82, 2.24) is 4.98 Å². The number of thioether (sulfide) groups is 1. The summed E-state index contributed by atoms with van der Waals surface area (Å²) in [5.41, 5.74) is 7.70. The van der Waals surface area contributed by atoms with Crippen molar-refractivity contribution in [3.05, 3.63) is 34.3 Å². The first kappa shape index (κ1) is 14.2. The number of thiazole rings is 1. The molecule has 0 spiro atoms. The fraction of sp³-hybridized carbons (Fsp3) is 0.167. The van der Waals surface area contributed by atoms with Gasteiger partial charge in [-0.2, -0.15) is 0 Å². The molecule has 0 aliphatic rings. The van der Waals surface area contributed by atoms with Crippen molar-refractivity contribution in [2.75, 3.05) is 16.8 Å². The lowest BCUT2D eigenvalue weighted by Crippen LogP contribution is -2.14. The molecule has 0 atom stereocenters. The van der Waals surface area contributed by atoms with Gasteiger partial charge in [-0.25, -0.2) is 4.98 Å². The zero-order valence-electron chi connectivity index (χ0n) is 10.1. The third-order valence-corrected chi connectivity index (χ3v) is 4.66. The van der Waals surface area contributed by atoms with Crippen molar-refractivity contribution in [2.24, 2.45) is 0 Å². The number of nitrogen functional groups attached to an aromatic ring is 1. The lowest BCUT2D eigenvalue weighted by molar-refractivity contribution is -0.113. The minimum absolute atomic E-state index is 0.134. The maximum absolute atomic E-state index is 11.8. The first-order valence-corrected chi connectivity index (χ1v) is 7.69. The molecular weight excluding hydrogens is 302 g/mol. The Morgan fingerprint density at radius 1 is 1.58 bits per heavy atom. The normalized spacial score (nSPS) is 10.4. The van der Waals surface area contributed by atoms with Crippen LogP contribution in [0.15, 0.2) is 27.9 Å². The molecule has 4 nitrogen and oxygen atoms in total. The molecule has 0 saturated carbocycles. The van der Waals surface area contributed by atoms with E-state index >= 15 is 0 Å². The van der Waals surface area contributed by atoms with Crippen LogP contribution < -0.4 is 11.1 Å². The highest BCUT2D eigenvalue weighted by Crippen LogP contribution is 2.25. The largest absolute Gasteiger partial charge is 0.399 e. The van der Waals surface area contributed by atoms with Crippen molar-refractivity contribution >= 4 is 52.0 Å². The molecular formula is C12H12ClN3OS2. The summed E-state index contributed by atoms with van der Waals surface area (Å²) in [7, 11) is 0. The van der Waals surface area contributed by atoms with E-state index < -0.39 is 0 Å². The van der Waals surface area contributed by atoms with Crippen LogP contribution in [0.25, 0.3) is 0 Å². The number of carbonyl (C=O) groups is 1. The van der Waals surface area contributed by atoms with E-state index in [4.69, 9.17) is 17.3 Å². The number of benzene rings is 1. The van der Waals surface area contributed by atoms with Gasteiger partial charge in [0.25, 0.3) is 0 Å².